The van der Waals surface area contributed by atoms with Gasteiger partial charge in [-0.1, -0.05) is 24.3 Å². The average molecular weight is 309 g/mol. The van der Waals surface area contributed by atoms with Gasteiger partial charge in [-0.05, 0) is 41.3 Å². The molecular weight excluding hydrogens is 294 g/mol. The molecule has 2 aromatic carbocycles. The Balaban J connectivity index is 2.11. The predicted molar refractivity (Wildman–Crippen MR) is 85.9 cm³/mol. The number of esters is 1. The smallest absolute Gasteiger partial charge is 0.334 e. The minimum Gasteiger partial charge on any atom is -0.463 e. The molecule has 3 rings (SSSR count). The number of hydrogen-bond acceptors (Lipinski definition) is 4. The lowest BCUT2D eigenvalue weighted by atomic mass is 9.97. The maximum atomic E-state index is 12.3. The highest BCUT2D eigenvalue weighted by molar-refractivity contribution is 6.05. The number of benzene rings is 2. The molecule has 116 valence electrons. The van der Waals surface area contributed by atoms with Crippen LogP contribution in [0.5, 0.6) is 0 Å². The highest BCUT2D eigenvalue weighted by Crippen LogP contribution is 2.38. The van der Waals surface area contributed by atoms with E-state index in [4.69, 9.17) is 4.74 Å². The molecule has 1 aliphatic rings. The van der Waals surface area contributed by atoms with Gasteiger partial charge in [0.25, 0.3) is 5.69 Å². The number of carbonyl (C=O) groups is 1. The van der Waals surface area contributed by atoms with Crippen LogP contribution in [0.2, 0.25) is 0 Å². The van der Waals surface area contributed by atoms with Gasteiger partial charge in [0.05, 0.1) is 11.5 Å². The van der Waals surface area contributed by atoms with Crippen molar-refractivity contribution in [2.45, 2.75) is 13.3 Å². The van der Waals surface area contributed by atoms with Crippen molar-refractivity contribution in [2.24, 2.45) is 0 Å². The maximum absolute atomic E-state index is 12.3. The molecule has 5 nitrogen and oxygen atoms in total. The first-order valence-corrected chi connectivity index (χ1v) is 7.35. The number of carbonyl (C=O) groups excluding carboxylic acids is 1. The topological polar surface area (TPSA) is 69.4 Å². The summed E-state index contributed by atoms with van der Waals surface area (Å²) in [7, 11) is 0. The monoisotopic (exact) mass is 309 g/mol. The summed E-state index contributed by atoms with van der Waals surface area (Å²) in [5.41, 5.74) is 4.24. The fourth-order valence-electron chi connectivity index (χ4n) is 2.83. The summed E-state index contributed by atoms with van der Waals surface area (Å²) in [6.45, 7) is 2.08. The molecule has 0 atom stereocenters. The number of nitro benzene ring substituents is 1. The fraction of sp³-hybridized carbons (Fsp3) is 0.167. The van der Waals surface area contributed by atoms with Crippen LogP contribution in [0.25, 0.3) is 5.57 Å². The van der Waals surface area contributed by atoms with Crippen molar-refractivity contribution in [3.63, 3.8) is 0 Å². The van der Waals surface area contributed by atoms with Gasteiger partial charge in [0, 0.05) is 24.1 Å². The van der Waals surface area contributed by atoms with Crippen molar-refractivity contribution in [1.82, 2.24) is 0 Å². The number of hydrogen-bond donors (Lipinski definition) is 0. The fourth-order valence-corrected chi connectivity index (χ4v) is 2.83. The lowest BCUT2D eigenvalue weighted by Gasteiger charge is -2.08. The Kier molecular flexibility index (Phi) is 3.93. The molecule has 0 saturated carbocycles. The lowest BCUT2D eigenvalue weighted by molar-refractivity contribution is -0.384. The van der Waals surface area contributed by atoms with Crippen molar-refractivity contribution in [3.05, 3.63) is 80.9 Å². The van der Waals surface area contributed by atoms with E-state index in [2.05, 4.69) is 0 Å². The molecule has 0 saturated heterocycles. The second-order valence-electron chi connectivity index (χ2n) is 5.21. The van der Waals surface area contributed by atoms with Gasteiger partial charge in [-0.3, -0.25) is 10.1 Å². The third-order valence-corrected chi connectivity index (χ3v) is 3.84. The van der Waals surface area contributed by atoms with E-state index < -0.39 is 4.92 Å². The van der Waals surface area contributed by atoms with E-state index in [1.165, 1.54) is 12.1 Å². The SMILES string of the molecule is CCOC(=O)C1=C(c2ccc([N+](=O)[O-])cc2)c2ccccc2C1. The van der Waals surface area contributed by atoms with Crippen LogP contribution in [0.3, 0.4) is 0 Å². The molecule has 0 unspecified atom stereocenters. The van der Waals surface area contributed by atoms with Crippen molar-refractivity contribution < 1.29 is 14.5 Å². The van der Waals surface area contributed by atoms with Crippen molar-refractivity contribution in [3.8, 4) is 0 Å². The van der Waals surface area contributed by atoms with Gasteiger partial charge >= 0.3 is 5.97 Å². The molecule has 0 aromatic heterocycles. The summed E-state index contributed by atoms with van der Waals surface area (Å²) in [4.78, 5) is 22.7. The number of nitrogens with zero attached hydrogens (tertiary/aromatic N) is 1. The second kappa shape index (κ2) is 6.04. The molecule has 1 aliphatic carbocycles. The second-order valence-corrected chi connectivity index (χ2v) is 5.21. The molecule has 0 bridgehead atoms. The zero-order valence-corrected chi connectivity index (χ0v) is 12.6. The number of rotatable bonds is 4. The zero-order chi connectivity index (χ0) is 16.4. The van der Waals surface area contributed by atoms with E-state index in [0.29, 0.717) is 18.6 Å². The first-order valence-electron chi connectivity index (χ1n) is 7.35. The van der Waals surface area contributed by atoms with Crippen LogP contribution in [-0.4, -0.2) is 17.5 Å². The molecule has 23 heavy (non-hydrogen) atoms. The summed E-state index contributed by atoms with van der Waals surface area (Å²) in [6.07, 6.45) is 0.515. The van der Waals surface area contributed by atoms with Crippen LogP contribution in [0.4, 0.5) is 5.69 Å². The van der Waals surface area contributed by atoms with Crippen LogP contribution in [0.15, 0.2) is 54.1 Å². The van der Waals surface area contributed by atoms with Crippen LogP contribution in [0.1, 0.15) is 23.6 Å². The Morgan fingerprint density at radius 2 is 1.87 bits per heavy atom. The van der Waals surface area contributed by atoms with Gasteiger partial charge in [-0.2, -0.15) is 0 Å². The van der Waals surface area contributed by atoms with E-state index in [1.54, 1.807) is 19.1 Å². The van der Waals surface area contributed by atoms with Crippen LogP contribution < -0.4 is 0 Å². The van der Waals surface area contributed by atoms with E-state index in [9.17, 15) is 14.9 Å². The van der Waals surface area contributed by atoms with Crippen LogP contribution in [-0.2, 0) is 16.0 Å². The predicted octanol–water partition coefficient (Wildman–Crippen LogP) is 3.52. The first-order chi connectivity index (χ1) is 11.1. The minimum atomic E-state index is -0.437. The maximum Gasteiger partial charge on any atom is 0.334 e. The third kappa shape index (κ3) is 2.73. The molecule has 0 spiro atoms. The lowest BCUT2D eigenvalue weighted by Crippen LogP contribution is -2.09. The summed E-state index contributed by atoms with van der Waals surface area (Å²) >= 11 is 0. The Bertz CT molecular complexity index is 806. The Hall–Kier alpha value is -2.95. The molecule has 0 aliphatic heterocycles. The molecule has 0 amide bonds. The van der Waals surface area contributed by atoms with E-state index in [-0.39, 0.29) is 11.7 Å². The molecule has 5 heteroatoms. The Morgan fingerprint density at radius 1 is 1.17 bits per heavy atom. The van der Waals surface area contributed by atoms with Crippen LogP contribution >= 0.6 is 0 Å². The van der Waals surface area contributed by atoms with E-state index >= 15 is 0 Å². The summed E-state index contributed by atoms with van der Waals surface area (Å²) in [5, 5.41) is 10.8. The average Bonchev–Trinajstić information content (AvgIpc) is 2.94. The van der Waals surface area contributed by atoms with Crippen molar-refractivity contribution >= 4 is 17.2 Å². The summed E-state index contributed by atoms with van der Waals surface area (Å²) in [6, 6.07) is 14.0. The van der Waals surface area contributed by atoms with Crippen LogP contribution in [0, 0.1) is 10.1 Å². The Labute approximate surface area is 133 Å². The third-order valence-electron chi connectivity index (χ3n) is 3.84. The standard InChI is InChI=1S/C18H15NO4/c1-2-23-18(20)16-11-13-5-3-4-6-15(13)17(16)12-7-9-14(10-8-12)19(21)22/h3-10H,2,11H2,1H3. The van der Waals surface area contributed by atoms with Gasteiger partial charge in [0.1, 0.15) is 0 Å². The molecule has 0 radical (unpaired) electrons. The number of non-ortho nitro benzene ring substituents is 1. The van der Waals surface area contributed by atoms with Gasteiger partial charge in [0.15, 0.2) is 0 Å². The molecule has 0 heterocycles. The minimum absolute atomic E-state index is 0.0262. The molecular formula is C18H15NO4. The number of fused-ring (bicyclic) bond motifs is 1. The molecule has 2 aromatic rings. The van der Waals surface area contributed by atoms with Gasteiger partial charge in [-0.15, -0.1) is 0 Å². The first kappa shape index (κ1) is 15.0. The van der Waals surface area contributed by atoms with E-state index in [1.807, 2.05) is 24.3 Å². The van der Waals surface area contributed by atoms with Crippen molar-refractivity contribution in [1.29, 1.82) is 0 Å². The Morgan fingerprint density at radius 3 is 2.52 bits per heavy atom. The number of nitro groups is 1. The number of ether oxygens (including phenoxy) is 1. The highest BCUT2D eigenvalue weighted by atomic mass is 16.6. The molecule has 0 fully saturated rings. The summed E-state index contributed by atoms with van der Waals surface area (Å²) in [5.74, 6) is -0.336. The van der Waals surface area contributed by atoms with Gasteiger partial charge < -0.3 is 4.74 Å². The highest BCUT2D eigenvalue weighted by Gasteiger charge is 2.27. The van der Waals surface area contributed by atoms with E-state index in [0.717, 1.165) is 22.3 Å². The van der Waals surface area contributed by atoms with Gasteiger partial charge in [0.2, 0.25) is 0 Å². The normalized spacial score (nSPS) is 12.9. The quantitative estimate of drug-likeness (QED) is 0.492. The summed E-state index contributed by atoms with van der Waals surface area (Å²) < 4.78 is 5.17. The molecule has 0 N–H and O–H groups in total. The van der Waals surface area contributed by atoms with Gasteiger partial charge in [-0.25, -0.2) is 4.79 Å². The zero-order valence-electron chi connectivity index (χ0n) is 12.6. The largest absolute Gasteiger partial charge is 0.463 e. The van der Waals surface area contributed by atoms with Crippen molar-refractivity contribution in [2.75, 3.05) is 6.61 Å².